The summed E-state index contributed by atoms with van der Waals surface area (Å²) >= 11 is 0. The average Bonchev–Trinajstić information content (AvgIpc) is 3.33. The summed E-state index contributed by atoms with van der Waals surface area (Å²) in [4.78, 5) is 17.1. The standard InChI is InChI=1S/C20H16FN3O2/c1-10-13(11-2-7-16(22)15(21)8-11)5-6-14-18(10)24(12-3-4-12)20(25)17-19(14)26-9-23-17/h2,5-9,12H,3-4,22H2,1H3. The van der Waals surface area contributed by atoms with Gasteiger partial charge in [-0.2, -0.15) is 0 Å². The van der Waals surface area contributed by atoms with Crippen LogP contribution in [0, 0.1) is 12.7 Å². The number of oxazole rings is 1. The molecule has 2 aromatic carbocycles. The van der Waals surface area contributed by atoms with E-state index in [2.05, 4.69) is 4.98 Å². The number of nitrogens with zero attached hydrogens (tertiary/aromatic N) is 2. The normalized spacial score (nSPS) is 14.4. The summed E-state index contributed by atoms with van der Waals surface area (Å²) in [5.74, 6) is -0.452. The Morgan fingerprint density at radius 3 is 2.81 bits per heavy atom. The minimum atomic E-state index is -0.452. The van der Waals surface area contributed by atoms with E-state index in [0.717, 1.165) is 40.4 Å². The van der Waals surface area contributed by atoms with Crippen LogP contribution in [0.25, 0.3) is 33.1 Å². The van der Waals surface area contributed by atoms with Gasteiger partial charge in [0, 0.05) is 11.4 Å². The summed E-state index contributed by atoms with van der Waals surface area (Å²) in [6.45, 7) is 1.95. The Balaban J connectivity index is 1.90. The molecule has 2 N–H and O–H groups in total. The second-order valence-electron chi connectivity index (χ2n) is 6.81. The Kier molecular flexibility index (Phi) is 3.01. The third-order valence-electron chi connectivity index (χ3n) is 5.13. The van der Waals surface area contributed by atoms with Crippen LogP contribution >= 0.6 is 0 Å². The van der Waals surface area contributed by atoms with Crippen LogP contribution in [0.3, 0.4) is 0 Å². The van der Waals surface area contributed by atoms with Gasteiger partial charge in [0.2, 0.25) is 0 Å². The molecule has 2 aromatic heterocycles. The van der Waals surface area contributed by atoms with Gasteiger partial charge in [-0.3, -0.25) is 4.79 Å². The third kappa shape index (κ3) is 2.02. The molecule has 2 heterocycles. The summed E-state index contributed by atoms with van der Waals surface area (Å²) in [6.07, 6.45) is 3.25. The van der Waals surface area contributed by atoms with Crippen LogP contribution in [-0.2, 0) is 0 Å². The Morgan fingerprint density at radius 1 is 1.27 bits per heavy atom. The van der Waals surface area contributed by atoms with Crippen molar-refractivity contribution in [1.29, 1.82) is 0 Å². The molecule has 0 aliphatic heterocycles. The van der Waals surface area contributed by atoms with Crippen LogP contribution in [-0.4, -0.2) is 9.55 Å². The molecule has 0 unspecified atom stereocenters. The van der Waals surface area contributed by atoms with Gasteiger partial charge in [0.05, 0.1) is 11.2 Å². The van der Waals surface area contributed by atoms with Crippen molar-refractivity contribution in [2.75, 3.05) is 5.73 Å². The molecule has 0 amide bonds. The zero-order chi connectivity index (χ0) is 18.0. The first-order valence-electron chi connectivity index (χ1n) is 8.52. The lowest BCUT2D eigenvalue weighted by molar-refractivity contribution is 0.604. The van der Waals surface area contributed by atoms with Crippen LogP contribution in [0.4, 0.5) is 10.1 Å². The van der Waals surface area contributed by atoms with Crippen LogP contribution < -0.4 is 11.3 Å². The lowest BCUT2D eigenvalue weighted by Crippen LogP contribution is -2.20. The first kappa shape index (κ1) is 15.1. The summed E-state index contributed by atoms with van der Waals surface area (Å²) in [7, 11) is 0. The number of aryl methyl sites for hydroxylation is 1. The monoisotopic (exact) mass is 349 g/mol. The van der Waals surface area contributed by atoms with Crippen LogP contribution in [0.15, 0.2) is 45.9 Å². The highest BCUT2D eigenvalue weighted by Crippen LogP contribution is 2.40. The summed E-state index contributed by atoms with van der Waals surface area (Å²) in [6, 6.07) is 8.80. The van der Waals surface area contributed by atoms with E-state index < -0.39 is 5.82 Å². The zero-order valence-electron chi connectivity index (χ0n) is 14.1. The minimum absolute atomic E-state index is 0.116. The van der Waals surface area contributed by atoms with Crippen molar-refractivity contribution in [3.8, 4) is 11.1 Å². The number of halogens is 1. The van der Waals surface area contributed by atoms with Gasteiger partial charge in [-0.15, -0.1) is 0 Å². The zero-order valence-corrected chi connectivity index (χ0v) is 14.1. The Labute approximate surface area is 147 Å². The fourth-order valence-electron chi connectivity index (χ4n) is 3.69. The number of nitrogen functional groups attached to an aromatic ring is 1. The van der Waals surface area contributed by atoms with Crippen LogP contribution in [0.1, 0.15) is 24.4 Å². The fourth-order valence-corrected chi connectivity index (χ4v) is 3.69. The quantitative estimate of drug-likeness (QED) is 0.551. The second kappa shape index (κ2) is 5.17. The van der Waals surface area contributed by atoms with Crippen molar-refractivity contribution in [3.05, 3.63) is 58.5 Å². The Bertz CT molecular complexity index is 1250. The molecule has 5 rings (SSSR count). The number of aromatic nitrogens is 2. The number of pyridine rings is 1. The average molecular weight is 349 g/mol. The van der Waals surface area contributed by atoms with E-state index in [-0.39, 0.29) is 17.3 Å². The Morgan fingerprint density at radius 2 is 2.08 bits per heavy atom. The van der Waals surface area contributed by atoms with Gasteiger partial charge in [-0.1, -0.05) is 12.1 Å². The second-order valence-corrected chi connectivity index (χ2v) is 6.81. The van der Waals surface area contributed by atoms with Crippen LogP contribution in [0.2, 0.25) is 0 Å². The van der Waals surface area contributed by atoms with E-state index in [1.807, 2.05) is 23.6 Å². The third-order valence-corrected chi connectivity index (χ3v) is 5.13. The van der Waals surface area contributed by atoms with Crippen molar-refractivity contribution < 1.29 is 8.81 Å². The molecule has 0 saturated heterocycles. The molecular weight excluding hydrogens is 333 g/mol. The number of rotatable bonds is 2. The van der Waals surface area contributed by atoms with Gasteiger partial charge in [0.1, 0.15) is 5.82 Å². The fraction of sp³-hybridized carbons (Fsp3) is 0.200. The number of fused-ring (bicyclic) bond motifs is 3. The molecule has 4 aromatic rings. The molecule has 0 radical (unpaired) electrons. The minimum Gasteiger partial charge on any atom is -0.443 e. The molecule has 1 aliphatic carbocycles. The van der Waals surface area contributed by atoms with Crippen molar-refractivity contribution in [2.45, 2.75) is 25.8 Å². The number of anilines is 1. The van der Waals surface area contributed by atoms with Gasteiger partial charge in [-0.05, 0) is 54.7 Å². The van der Waals surface area contributed by atoms with E-state index in [4.69, 9.17) is 10.2 Å². The number of nitrogens with two attached hydrogens (primary N) is 1. The topological polar surface area (TPSA) is 74.1 Å². The molecule has 1 aliphatic rings. The van der Waals surface area contributed by atoms with Crippen LogP contribution in [0.5, 0.6) is 0 Å². The van der Waals surface area contributed by atoms with Gasteiger partial charge in [-0.25, -0.2) is 9.37 Å². The van der Waals surface area contributed by atoms with E-state index in [9.17, 15) is 9.18 Å². The molecular formula is C20H16FN3O2. The molecule has 6 heteroatoms. The van der Waals surface area contributed by atoms with Gasteiger partial charge in [0.15, 0.2) is 17.5 Å². The highest BCUT2D eigenvalue weighted by molar-refractivity contribution is 6.04. The maximum Gasteiger partial charge on any atom is 0.281 e. The molecule has 1 saturated carbocycles. The lowest BCUT2D eigenvalue weighted by Gasteiger charge is -2.15. The predicted molar refractivity (Wildman–Crippen MR) is 98.6 cm³/mol. The van der Waals surface area contributed by atoms with E-state index in [1.165, 1.54) is 12.5 Å². The van der Waals surface area contributed by atoms with Crippen molar-refractivity contribution in [1.82, 2.24) is 9.55 Å². The molecule has 0 spiro atoms. The smallest absolute Gasteiger partial charge is 0.281 e. The summed E-state index contributed by atoms with van der Waals surface area (Å²) in [5.41, 5.74) is 9.77. The van der Waals surface area contributed by atoms with Gasteiger partial charge >= 0.3 is 0 Å². The molecule has 130 valence electrons. The molecule has 1 fully saturated rings. The lowest BCUT2D eigenvalue weighted by atomic mass is 9.96. The van der Waals surface area contributed by atoms with E-state index in [1.54, 1.807) is 12.1 Å². The summed E-state index contributed by atoms with van der Waals surface area (Å²) in [5, 5.41) is 0.848. The first-order valence-corrected chi connectivity index (χ1v) is 8.52. The largest absolute Gasteiger partial charge is 0.443 e. The highest BCUT2D eigenvalue weighted by atomic mass is 19.1. The van der Waals surface area contributed by atoms with E-state index >= 15 is 0 Å². The molecule has 0 bridgehead atoms. The maximum atomic E-state index is 14.0. The number of benzene rings is 2. The van der Waals surface area contributed by atoms with Crippen molar-refractivity contribution in [3.63, 3.8) is 0 Å². The SMILES string of the molecule is Cc1c(-c2ccc(N)c(F)c2)ccc2c3ocnc3c(=O)n(C3CC3)c12. The molecule has 0 atom stereocenters. The Hall–Kier alpha value is -3.15. The van der Waals surface area contributed by atoms with Crippen molar-refractivity contribution >= 4 is 27.7 Å². The van der Waals surface area contributed by atoms with Gasteiger partial charge < -0.3 is 14.7 Å². The summed E-state index contributed by atoms with van der Waals surface area (Å²) < 4.78 is 21.3. The van der Waals surface area contributed by atoms with Crippen molar-refractivity contribution in [2.24, 2.45) is 0 Å². The predicted octanol–water partition coefficient (Wildman–Crippen LogP) is 4.17. The highest BCUT2D eigenvalue weighted by Gasteiger charge is 2.29. The van der Waals surface area contributed by atoms with E-state index in [0.29, 0.717) is 11.1 Å². The molecule has 5 nitrogen and oxygen atoms in total. The molecule has 26 heavy (non-hydrogen) atoms. The number of hydrogen-bond acceptors (Lipinski definition) is 4. The van der Waals surface area contributed by atoms with Gasteiger partial charge in [0.25, 0.3) is 5.56 Å². The first-order chi connectivity index (χ1) is 12.6. The number of hydrogen-bond donors (Lipinski definition) is 1. The maximum absolute atomic E-state index is 14.0.